The number of hydrogen-bond donors (Lipinski definition) is 1. The fourth-order valence-electron chi connectivity index (χ4n) is 2.98. The van der Waals surface area contributed by atoms with E-state index in [2.05, 4.69) is 40.5 Å². The Morgan fingerprint density at radius 3 is 2.64 bits per heavy atom. The van der Waals surface area contributed by atoms with Gasteiger partial charge in [0.25, 0.3) is 0 Å². The smallest absolute Gasteiger partial charge is 0.149 e. The van der Waals surface area contributed by atoms with E-state index in [1.165, 1.54) is 0 Å². The van der Waals surface area contributed by atoms with Crippen LogP contribution in [0.5, 0.6) is 0 Å². The molecule has 0 saturated carbocycles. The molecular weight excluding hydrogens is 296 g/mol. The monoisotopic (exact) mass is 316 g/mol. The van der Waals surface area contributed by atoms with E-state index in [1.54, 1.807) is 0 Å². The fraction of sp³-hybridized carbons (Fsp3) is 0.412. The number of anilines is 1. The number of aromatic nitrogens is 2. The Hall–Kier alpha value is -1.65. The Morgan fingerprint density at radius 2 is 2.00 bits per heavy atom. The minimum atomic E-state index is 0.460. The molecule has 22 heavy (non-hydrogen) atoms. The van der Waals surface area contributed by atoms with Crippen LogP contribution in [0.25, 0.3) is 11.3 Å². The molecule has 2 heterocycles. The maximum atomic E-state index is 6.03. The molecule has 1 aromatic heterocycles. The van der Waals surface area contributed by atoms with Gasteiger partial charge in [0.15, 0.2) is 0 Å². The van der Waals surface area contributed by atoms with Crippen LogP contribution in [0, 0.1) is 13.8 Å². The number of hydrogen-bond acceptors (Lipinski definition) is 4. The fourth-order valence-corrected chi connectivity index (χ4v) is 3.20. The van der Waals surface area contributed by atoms with Crippen molar-refractivity contribution in [2.24, 2.45) is 0 Å². The largest absolute Gasteiger partial charge is 0.365 e. The van der Waals surface area contributed by atoms with E-state index in [1.807, 2.05) is 25.1 Å². The molecule has 1 aliphatic heterocycles. The molecule has 0 radical (unpaired) electrons. The van der Waals surface area contributed by atoms with Crippen molar-refractivity contribution < 1.29 is 0 Å². The molecule has 1 saturated heterocycles. The summed E-state index contributed by atoms with van der Waals surface area (Å²) < 4.78 is 0. The third-order valence-corrected chi connectivity index (χ3v) is 4.41. The minimum absolute atomic E-state index is 0.460. The lowest BCUT2D eigenvalue weighted by molar-refractivity contribution is 0.414. The van der Waals surface area contributed by atoms with E-state index in [9.17, 15) is 0 Å². The average molecular weight is 317 g/mol. The van der Waals surface area contributed by atoms with Gasteiger partial charge in [-0.1, -0.05) is 17.7 Å². The summed E-state index contributed by atoms with van der Waals surface area (Å²) in [5.41, 5.74) is 4.24. The van der Waals surface area contributed by atoms with Gasteiger partial charge in [0.05, 0.1) is 5.69 Å². The summed E-state index contributed by atoms with van der Waals surface area (Å²) in [5, 5.41) is 13.0. The highest BCUT2D eigenvalue weighted by molar-refractivity contribution is 6.30. The van der Waals surface area contributed by atoms with E-state index >= 15 is 0 Å². The van der Waals surface area contributed by atoms with Gasteiger partial charge in [-0.05, 0) is 63.2 Å². The Kier molecular flexibility index (Phi) is 4.32. The van der Waals surface area contributed by atoms with Crippen molar-refractivity contribution >= 4 is 17.4 Å². The molecule has 1 N–H and O–H groups in total. The van der Waals surface area contributed by atoms with Crippen molar-refractivity contribution in [1.82, 2.24) is 15.1 Å². The molecule has 4 nitrogen and oxygen atoms in total. The van der Waals surface area contributed by atoms with Crippen LogP contribution >= 0.6 is 11.6 Å². The molecule has 0 aliphatic carbocycles. The third kappa shape index (κ3) is 3.23. The molecular formula is C17H21ClN4. The van der Waals surface area contributed by atoms with Crippen LogP contribution in [0.4, 0.5) is 5.82 Å². The molecule has 1 aromatic carbocycles. The highest BCUT2D eigenvalue weighted by Crippen LogP contribution is 2.27. The summed E-state index contributed by atoms with van der Waals surface area (Å²) >= 11 is 6.03. The molecule has 3 rings (SSSR count). The van der Waals surface area contributed by atoms with Crippen molar-refractivity contribution in [2.75, 3.05) is 25.5 Å². The van der Waals surface area contributed by atoms with Crippen LogP contribution in [0.3, 0.4) is 0 Å². The second kappa shape index (κ2) is 6.23. The number of benzene rings is 1. The van der Waals surface area contributed by atoms with Gasteiger partial charge >= 0.3 is 0 Å². The van der Waals surface area contributed by atoms with Crippen LogP contribution in [-0.4, -0.2) is 41.3 Å². The van der Waals surface area contributed by atoms with Crippen molar-refractivity contribution in [1.29, 1.82) is 0 Å². The summed E-state index contributed by atoms with van der Waals surface area (Å²) in [7, 11) is 2.14. The zero-order chi connectivity index (χ0) is 15.7. The molecule has 1 fully saturated rings. The van der Waals surface area contributed by atoms with Crippen LogP contribution in [0.2, 0.25) is 5.02 Å². The first-order chi connectivity index (χ1) is 10.5. The number of halogens is 1. The van der Waals surface area contributed by atoms with Crippen LogP contribution in [0.15, 0.2) is 24.3 Å². The van der Waals surface area contributed by atoms with E-state index in [-0.39, 0.29) is 0 Å². The van der Waals surface area contributed by atoms with Gasteiger partial charge in [0.2, 0.25) is 0 Å². The maximum absolute atomic E-state index is 6.03. The van der Waals surface area contributed by atoms with Gasteiger partial charge in [-0.3, -0.25) is 0 Å². The molecule has 0 amide bonds. The molecule has 0 spiro atoms. The quantitative estimate of drug-likeness (QED) is 0.940. The minimum Gasteiger partial charge on any atom is -0.365 e. The number of likely N-dealkylation sites (N-methyl/N-ethyl adjacent to an activating group) is 1. The van der Waals surface area contributed by atoms with E-state index < -0.39 is 0 Å². The number of rotatable bonds is 3. The molecule has 0 bridgehead atoms. The second-order valence-corrected chi connectivity index (χ2v) is 6.55. The summed E-state index contributed by atoms with van der Waals surface area (Å²) in [4.78, 5) is 2.32. The first-order valence-electron chi connectivity index (χ1n) is 7.59. The lowest BCUT2D eigenvalue weighted by Crippen LogP contribution is -2.24. The zero-order valence-corrected chi connectivity index (χ0v) is 14.0. The second-order valence-electron chi connectivity index (χ2n) is 6.11. The highest BCUT2D eigenvalue weighted by atomic mass is 35.5. The van der Waals surface area contributed by atoms with Gasteiger partial charge in [0.1, 0.15) is 5.82 Å². The number of nitrogens with zero attached hydrogens (tertiary/aromatic N) is 3. The van der Waals surface area contributed by atoms with Crippen LogP contribution < -0.4 is 5.32 Å². The Balaban J connectivity index is 1.83. The van der Waals surface area contributed by atoms with Gasteiger partial charge < -0.3 is 10.2 Å². The van der Waals surface area contributed by atoms with Gasteiger partial charge in [-0.15, -0.1) is 10.2 Å². The molecule has 116 valence electrons. The van der Waals surface area contributed by atoms with E-state index in [4.69, 9.17) is 11.6 Å². The molecule has 0 unspecified atom stereocenters. The Bertz CT molecular complexity index is 686. The third-order valence-electron chi connectivity index (χ3n) is 4.17. The zero-order valence-electron chi connectivity index (χ0n) is 13.2. The topological polar surface area (TPSA) is 41.1 Å². The summed E-state index contributed by atoms with van der Waals surface area (Å²) in [6.45, 7) is 6.30. The Labute approximate surface area is 136 Å². The Morgan fingerprint density at radius 1 is 1.18 bits per heavy atom. The lowest BCUT2D eigenvalue weighted by atomic mass is 10.0. The van der Waals surface area contributed by atoms with E-state index in [0.717, 1.165) is 52.7 Å². The lowest BCUT2D eigenvalue weighted by Gasteiger charge is -2.14. The molecule has 1 aliphatic rings. The molecule has 1 atom stereocenters. The SMILES string of the molecule is Cc1cc(Cl)ccc1-c1nnc(N[C@@H]2CCN(C)C2)cc1C. The number of likely N-dealkylation sites (tertiary alicyclic amines) is 1. The summed E-state index contributed by atoms with van der Waals surface area (Å²) in [6.07, 6.45) is 1.15. The van der Waals surface area contributed by atoms with Gasteiger partial charge in [0, 0.05) is 23.2 Å². The van der Waals surface area contributed by atoms with Crippen molar-refractivity contribution in [3.05, 3.63) is 40.4 Å². The van der Waals surface area contributed by atoms with Crippen molar-refractivity contribution in [2.45, 2.75) is 26.3 Å². The summed E-state index contributed by atoms with van der Waals surface area (Å²) in [6, 6.07) is 8.40. The number of aryl methyl sites for hydroxylation is 2. The molecule has 2 aromatic rings. The predicted molar refractivity (Wildman–Crippen MR) is 91.5 cm³/mol. The maximum Gasteiger partial charge on any atom is 0.149 e. The first-order valence-corrected chi connectivity index (χ1v) is 7.96. The van der Waals surface area contributed by atoms with Crippen molar-refractivity contribution in [3.63, 3.8) is 0 Å². The number of nitrogens with one attached hydrogen (secondary N) is 1. The van der Waals surface area contributed by atoms with Crippen LogP contribution in [0.1, 0.15) is 17.5 Å². The van der Waals surface area contributed by atoms with Crippen LogP contribution in [-0.2, 0) is 0 Å². The normalized spacial score (nSPS) is 18.6. The van der Waals surface area contributed by atoms with Gasteiger partial charge in [-0.2, -0.15) is 0 Å². The highest BCUT2D eigenvalue weighted by Gasteiger charge is 2.20. The molecule has 5 heteroatoms. The average Bonchev–Trinajstić information content (AvgIpc) is 2.85. The van der Waals surface area contributed by atoms with E-state index in [0.29, 0.717) is 6.04 Å². The standard InChI is InChI=1S/C17H21ClN4/c1-11-8-13(18)4-5-15(11)17-12(2)9-16(20-21-17)19-14-6-7-22(3)10-14/h4-5,8-9,14H,6-7,10H2,1-3H3,(H,19,20)/t14-/m1/s1. The predicted octanol–water partition coefficient (Wildman–Crippen LogP) is 3.53. The van der Waals surface area contributed by atoms with Crippen molar-refractivity contribution in [3.8, 4) is 11.3 Å². The van der Waals surface area contributed by atoms with Gasteiger partial charge in [-0.25, -0.2) is 0 Å². The first kappa shape index (κ1) is 15.3. The summed E-state index contributed by atoms with van der Waals surface area (Å²) in [5.74, 6) is 0.855.